The summed E-state index contributed by atoms with van der Waals surface area (Å²) in [6.07, 6.45) is 0. The van der Waals surface area contributed by atoms with E-state index in [0.29, 0.717) is 19.6 Å². The number of carbonyl (C=O) groups is 1. The van der Waals surface area contributed by atoms with Gasteiger partial charge in [-0.2, -0.15) is 0 Å². The molecule has 0 spiro atoms. The lowest BCUT2D eigenvalue weighted by Crippen LogP contribution is -2.47. The molecule has 1 aliphatic heterocycles. The number of amides is 1. The Morgan fingerprint density at radius 1 is 1.25 bits per heavy atom. The smallest absolute Gasteiger partial charge is 0.239 e. The second-order valence-corrected chi connectivity index (χ2v) is 7.26. The molecule has 1 amide bonds. The minimum atomic E-state index is 0.0727. The van der Waals surface area contributed by atoms with E-state index in [2.05, 4.69) is 55.8 Å². The molecule has 0 radical (unpaired) electrons. The number of aliphatic imine (C=N–C) groups is 1. The first-order valence-corrected chi connectivity index (χ1v) is 9.70. The van der Waals surface area contributed by atoms with Crippen molar-refractivity contribution in [1.29, 1.82) is 0 Å². The van der Waals surface area contributed by atoms with Gasteiger partial charge in [0.05, 0.1) is 6.54 Å². The molecule has 7 heteroatoms. The minimum absolute atomic E-state index is 0.0727. The topological polar surface area (TPSA) is 60.0 Å². The number of nitrogens with one attached hydrogen (secondary N) is 2. The quantitative estimate of drug-likeness (QED) is 0.599. The van der Waals surface area contributed by atoms with Crippen LogP contribution in [0.1, 0.15) is 11.1 Å². The number of piperazine rings is 1. The maximum atomic E-state index is 11.5. The lowest BCUT2D eigenvalue weighted by atomic mass is 10.2. The highest BCUT2D eigenvalue weighted by atomic mass is 35.5. The molecule has 28 heavy (non-hydrogen) atoms. The highest BCUT2D eigenvalue weighted by Gasteiger charge is 2.16. The number of rotatable bonds is 5. The highest BCUT2D eigenvalue weighted by Crippen LogP contribution is 2.16. The number of hydrogen-bond acceptors (Lipinski definition) is 3. The van der Waals surface area contributed by atoms with Crippen molar-refractivity contribution in [1.82, 2.24) is 15.5 Å². The monoisotopic (exact) mass is 399 g/mol. The molecule has 2 aromatic carbocycles. The Bertz CT molecular complexity index is 837. The van der Waals surface area contributed by atoms with Crippen LogP contribution >= 0.6 is 11.6 Å². The number of benzene rings is 2. The summed E-state index contributed by atoms with van der Waals surface area (Å²) in [7, 11) is 3.78. The number of hydrogen-bond donors (Lipinski definition) is 2. The molecule has 148 valence electrons. The van der Waals surface area contributed by atoms with E-state index in [4.69, 9.17) is 11.6 Å². The fraction of sp³-hybridized carbons (Fsp3) is 0.333. The molecular weight excluding hydrogens is 374 g/mol. The molecular formula is C21H26ClN5O. The summed E-state index contributed by atoms with van der Waals surface area (Å²) in [4.78, 5) is 20.1. The molecule has 6 nitrogen and oxygen atoms in total. The van der Waals surface area contributed by atoms with Crippen molar-refractivity contribution in [3.8, 4) is 0 Å². The molecule has 0 aliphatic carbocycles. The summed E-state index contributed by atoms with van der Waals surface area (Å²) < 4.78 is 0. The first kappa shape index (κ1) is 20.0. The molecule has 0 atom stereocenters. The molecule has 0 saturated carbocycles. The minimum Gasteiger partial charge on any atom is -0.360 e. The van der Waals surface area contributed by atoms with Crippen LogP contribution in [0.4, 0.5) is 5.69 Å². The Balaban J connectivity index is 1.55. The third-order valence-electron chi connectivity index (χ3n) is 4.67. The van der Waals surface area contributed by atoms with E-state index in [1.807, 2.05) is 25.2 Å². The zero-order valence-electron chi connectivity index (χ0n) is 16.3. The van der Waals surface area contributed by atoms with Gasteiger partial charge in [0, 0.05) is 51.0 Å². The maximum Gasteiger partial charge on any atom is 0.239 e. The predicted octanol–water partition coefficient (Wildman–Crippen LogP) is 2.48. The molecule has 0 aromatic heterocycles. The van der Waals surface area contributed by atoms with E-state index < -0.39 is 0 Å². The predicted molar refractivity (Wildman–Crippen MR) is 115 cm³/mol. The van der Waals surface area contributed by atoms with Crippen molar-refractivity contribution in [2.24, 2.45) is 4.99 Å². The summed E-state index contributed by atoms with van der Waals surface area (Å²) in [6.45, 7) is 3.34. The summed E-state index contributed by atoms with van der Waals surface area (Å²) in [6, 6.07) is 16.1. The number of nitrogens with zero attached hydrogens (tertiary/aromatic N) is 3. The second kappa shape index (κ2) is 9.46. The molecule has 1 fully saturated rings. The maximum absolute atomic E-state index is 11.5. The van der Waals surface area contributed by atoms with Gasteiger partial charge in [0.25, 0.3) is 0 Å². The Labute approximate surface area is 171 Å². The first-order chi connectivity index (χ1) is 13.5. The van der Waals surface area contributed by atoms with Crippen molar-refractivity contribution in [2.45, 2.75) is 13.1 Å². The zero-order valence-corrected chi connectivity index (χ0v) is 17.0. The van der Waals surface area contributed by atoms with Crippen molar-refractivity contribution in [3.63, 3.8) is 0 Å². The van der Waals surface area contributed by atoms with E-state index in [1.54, 1.807) is 7.05 Å². The van der Waals surface area contributed by atoms with Crippen LogP contribution in [-0.2, 0) is 17.9 Å². The Hall–Kier alpha value is -2.73. The van der Waals surface area contributed by atoms with Crippen LogP contribution in [-0.4, -0.2) is 50.5 Å². The largest absolute Gasteiger partial charge is 0.360 e. The molecule has 0 bridgehead atoms. The Kier molecular flexibility index (Phi) is 6.76. The summed E-state index contributed by atoms with van der Waals surface area (Å²) >= 11 is 6.07. The highest BCUT2D eigenvalue weighted by molar-refractivity contribution is 6.30. The molecule has 1 aliphatic rings. The van der Waals surface area contributed by atoms with E-state index in [-0.39, 0.29) is 5.91 Å². The van der Waals surface area contributed by atoms with E-state index in [1.165, 1.54) is 0 Å². The number of carbonyl (C=O) groups excluding carboxylic acids is 1. The van der Waals surface area contributed by atoms with Crippen LogP contribution in [0, 0.1) is 0 Å². The van der Waals surface area contributed by atoms with Crippen LogP contribution in [0.25, 0.3) is 0 Å². The van der Waals surface area contributed by atoms with Gasteiger partial charge in [-0.25, -0.2) is 0 Å². The van der Waals surface area contributed by atoms with Gasteiger partial charge in [-0.1, -0.05) is 35.9 Å². The molecule has 2 aromatic rings. The van der Waals surface area contributed by atoms with Crippen LogP contribution in [0.3, 0.4) is 0 Å². The van der Waals surface area contributed by atoms with Gasteiger partial charge in [0.1, 0.15) is 0 Å². The van der Waals surface area contributed by atoms with Gasteiger partial charge in [0.15, 0.2) is 5.96 Å². The average molecular weight is 400 g/mol. The van der Waals surface area contributed by atoms with Crippen LogP contribution in [0.15, 0.2) is 53.5 Å². The zero-order chi connectivity index (χ0) is 19.9. The van der Waals surface area contributed by atoms with Crippen molar-refractivity contribution >= 4 is 29.2 Å². The SMILES string of the molecule is CN=C(NCc1ccc(N2CCNC(=O)C2)cc1)N(C)Cc1cccc(Cl)c1. The number of anilines is 1. The normalized spacial score (nSPS) is 14.6. The molecule has 2 N–H and O–H groups in total. The molecule has 0 unspecified atom stereocenters. The molecule has 3 rings (SSSR count). The van der Waals surface area contributed by atoms with E-state index in [9.17, 15) is 4.79 Å². The van der Waals surface area contributed by atoms with Crippen molar-refractivity contribution in [2.75, 3.05) is 38.6 Å². The van der Waals surface area contributed by atoms with Crippen LogP contribution in [0.2, 0.25) is 5.02 Å². The fourth-order valence-corrected chi connectivity index (χ4v) is 3.45. The number of guanidine groups is 1. The van der Waals surface area contributed by atoms with Crippen LogP contribution in [0.5, 0.6) is 0 Å². The standard InChI is InChI=1S/C21H26ClN5O/c1-23-21(26(2)14-17-4-3-5-18(22)12-17)25-13-16-6-8-19(9-7-16)27-11-10-24-20(28)15-27/h3-9,12H,10-11,13-15H2,1-2H3,(H,23,25)(H,24,28). The number of halogens is 1. The molecule has 1 heterocycles. The van der Waals surface area contributed by atoms with E-state index >= 15 is 0 Å². The van der Waals surface area contributed by atoms with Crippen molar-refractivity contribution in [3.05, 3.63) is 64.7 Å². The third kappa shape index (κ3) is 5.39. The molecule has 1 saturated heterocycles. The average Bonchev–Trinajstić information content (AvgIpc) is 2.69. The van der Waals surface area contributed by atoms with Gasteiger partial charge in [0.2, 0.25) is 5.91 Å². The van der Waals surface area contributed by atoms with Gasteiger partial charge in [-0.15, -0.1) is 0 Å². The van der Waals surface area contributed by atoms with Gasteiger partial charge < -0.3 is 20.4 Å². The lowest BCUT2D eigenvalue weighted by molar-refractivity contribution is -0.120. The van der Waals surface area contributed by atoms with Gasteiger partial charge in [-0.3, -0.25) is 9.79 Å². The third-order valence-corrected chi connectivity index (χ3v) is 4.91. The summed E-state index contributed by atoms with van der Waals surface area (Å²) in [5, 5.41) is 6.98. The summed E-state index contributed by atoms with van der Waals surface area (Å²) in [5.41, 5.74) is 3.36. The van der Waals surface area contributed by atoms with Crippen LogP contribution < -0.4 is 15.5 Å². The Morgan fingerprint density at radius 2 is 2.04 bits per heavy atom. The van der Waals surface area contributed by atoms with E-state index in [0.717, 1.165) is 40.9 Å². The fourth-order valence-electron chi connectivity index (χ4n) is 3.23. The van der Waals surface area contributed by atoms with Gasteiger partial charge in [-0.05, 0) is 35.4 Å². The second-order valence-electron chi connectivity index (χ2n) is 6.82. The first-order valence-electron chi connectivity index (χ1n) is 9.32. The van der Waals surface area contributed by atoms with Crippen molar-refractivity contribution < 1.29 is 4.79 Å². The lowest BCUT2D eigenvalue weighted by Gasteiger charge is -2.28. The summed E-state index contributed by atoms with van der Waals surface area (Å²) in [5.74, 6) is 0.889. The van der Waals surface area contributed by atoms with Gasteiger partial charge >= 0.3 is 0 Å². The Morgan fingerprint density at radius 3 is 2.71 bits per heavy atom.